The number of hydrogen-bond donors (Lipinski definition) is 3. The maximum atomic E-state index is 10.6. The van der Waals surface area contributed by atoms with E-state index < -0.39 is 11.6 Å². The van der Waals surface area contributed by atoms with E-state index in [9.17, 15) is 9.90 Å². The highest BCUT2D eigenvalue weighted by Gasteiger charge is 2.29. The zero-order chi connectivity index (χ0) is 10.8. The summed E-state index contributed by atoms with van der Waals surface area (Å²) >= 11 is 0. The Morgan fingerprint density at radius 3 is 2.64 bits per heavy atom. The van der Waals surface area contributed by atoms with Gasteiger partial charge in [-0.25, -0.2) is 4.79 Å². The van der Waals surface area contributed by atoms with Crippen molar-refractivity contribution in [2.24, 2.45) is 0 Å². The Balaban J connectivity index is 2.83. The van der Waals surface area contributed by atoms with Crippen LogP contribution in [0, 0.1) is 0 Å². The van der Waals surface area contributed by atoms with Crippen LogP contribution in [0.5, 0.6) is 5.75 Å². The van der Waals surface area contributed by atoms with Crippen LogP contribution in [0.15, 0.2) is 24.3 Å². The minimum absolute atomic E-state index is 0.0310. The number of aromatic hydroxyl groups is 1. The van der Waals surface area contributed by atoms with Crippen molar-refractivity contribution in [1.29, 1.82) is 0 Å². The first-order valence-electron chi connectivity index (χ1n) is 4.15. The Kier molecular flexibility index (Phi) is 2.76. The van der Waals surface area contributed by atoms with Gasteiger partial charge in [-0.1, -0.05) is 12.1 Å². The Bertz CT molecular complexity index is 344. The third-order valence-corrected chi connectivity index (χ3v) is 1.92. The average Bonchev–Trinajstić information content (AvgIpc) is 2.02. The normalized spacial score (nSPS) is 14.7. The summed E-state index contributed by atoms with van der Waals surface area (Å²) in [6.07, 6.45) is -0.0310. The molecule has 0 saturated heterocycles. The molecule has 3 N–H and O–H groups in total. The molecule has 0 saturated carbocycles. The predicted octanol–water partition coefficient (Wildman–Crippen LogP) is 0.770. The van der Waals surface area contributed by atoms with Crippen LogP contribution in [-0.2, 0) is 11.2 Å². The smallest absolute Gasteiger partial charge is 0.335 e. The van der Waals surface area contributed by atoms with Gasteiger partial charge in [-0.2, -0.15) is 0 Å². The lowest BCUT2D eigenvalue weighted by atomic mass is 9.97. The molecule has 0 bridgehead atoms. The fraction of sp³-hybridized carbons (Fsp3) is 0.300. The Morgan fingerprint density at radius 2 is 2.14 bits per heavy atom. The molecule has 0 spiro atoms. The van der Waals surface area contributed by atoms with Gasteiger partial charge in [-0.15, -0.1) is 0 Å². The number of carbonyl (C=O) groups is 1. The monoisotopic (exact) mass is 196 g/mol. The molecule has 0 heterocycles. The van der Waals surface area contributed by atoms with Gasteiger partial charge in [-0.05, 0) is 24.6 Å². The summed E-state index contributed by atoms with van der Waals surface area (Å²) in [6, 6.07) is 6.16. The van der Waals surface area contributed by atoms with Crippen molar-refractivity contribution in [2.75, 3.05) is 0 Å². The first-order chi connectivity index (χ1) is 6.42. The predicted molar refractivity (Wildman–Crippen MR) is 50.1 cm³/mol. The molecule has 1 aromatic rings. The lowest BCUT2D eigenvalue weighted by Crippen LogP contribution is -2.37. The number of aliphatic carboxylic acids is 1. The highest BCUT2D eigenvalue weighted by Crippen LogP contribution is 2.17. The Labute approximate surface area is 81.4 Å². The molecule has 0 fully saturated rings. The van der Waals surface area contributed by atoms with Gasteiger partial charge in [0, 0.05) is 6.42 Å². The maximum Gasteiger partial charge on any atom is 0.335 e. The van der Waals surface area contributed by atoms with Crippen molar-refractivity contribution in [3.05, 3.63) is 29.8 Å². The fourth-order valence-corrected chi connectivity index (χ4v) is 1.14. The molecule has 1 rings (SSSR count). The number of phenols is 1. The van der Waals surface area contributed by atoms with Crippen LogP contribution in [0.2, 0.25) is 0 Å². The van der Waals surface area contributed by atoms with Crippen LogP contribution < -0.4 is 0 Å². The number of phenolic OH excluding ortho intramolecular Hbond substituents is 1. The molecule has 14 heavy (non-hydrogen) atoms. The van der Waals surface area contributed by atoms with Crippen molar-refractivity contribution >= 4 is 5.97 Å². The van der Waals surface area contributed by atoms with Crippen molar-refractivity contribution in [2.45, 2.75) is 18.9 Å². The van der Waals surface area contributed by atoms with Gasteiger partial charge < -0.3 is 15.3 Å². The molecule has 4 heteroatoms. The largest absolute Gasteiger partial charge is 0.508 e. The summed E-state index contributed by atoms with van der Waals surface area (Å²) in [5.41, 5.74) is -1.22. The Morgan fingerprint density at radius 1 is 1.50 bits per heavy atom. The third kappa shape index (κ3) is 2.47. The van der Waals surface area contributed by atoms with Gasteiger partial charge in [-0.3, -0.25) is 0 Å². The van der Waals surface area contributed by atoms with Crippen LogP contribution in [-0.4, -0.2) is 26.9 Å². The molecule has 0 amide bonds. The number of carboxylic acids is 1. The van der Waals surface area contributed by atoms with Crippen molar-refractivity contribution in [3.8, 4) is 5.75 Å². The zero-order valence-corrected chi connectivity index (χ0v) is 7.77. The van der Waals surface area contributed by atoms with Crippen LogP contribution in [0.1, 0.15) is 12.5 Å². The van der Waals surface area contributed by atoms with E-state index in [2.05, 4.69) is 0 Å². The van der Waals surface area contributed by atoms with E-state index in [-0.39, 0.29) is 12.2 Å². The molecule has 1 atom stereocenters. The molecule has 0 aromatic heterocycles. The second kappa shape index (κ2) is 3.67. The van der Waals surface area contributed by atoms with Crippen molar-refractivity contribution in [1.82, 2.24) is 0 Å². The SMILES string of the molecule is C[C@](O)(Cc1cccc(O)c1)C(=O)O. The summed E-state index contributed by atoms with van der Waals surface area (Å²) in [7, 11) is 0. The summed E-state index contributed by atoms with van der Waals surface area (Å²) in [6.45, 7) is 1.22. The highest BCUT2D eigenvalue weighted by molar-refractivity contribution is 5.76. The number of aliphatic hydroxyl groups is 1. The van der Waals surface area contributed by atoms with Crippen LogP contribution in [0.3, 0.4) is 0 Å². The topological polar surface area (TPSA) is 77.8 Å². The molecule has 1 aromatic carbocycles. The minimum atomic E-state index is -1.80. The van der Waals surface area contributed by atoms with E-state index in [1.54, 1.807) is 12.1 Å². The molecule has 4 nitrogen and oxygen atoms in total. The minimum Gasteiger partial charge on any atom is -0.508 e. The molecule has 0 unspecified atom stereocenters. The van der Waals surface area contributed by atoms with Crippen LogP contribution in [0.25, 0.3) is 0 Å². The summed E-state index contributed by atoms with van der Waals surface area (Å²) in [5.74, 6) is -1.22. The lowest BCUT2D eigenvalue weighted by molar-refractivity contribution is -0.156. The van der Waals surface area contributed by atoms with Gasteiger partial charge >= 0.3 is 5.97 Å². The fourth-order valence-electron chi connectivity index (χ4n) is 1.14. The lowest BCUT2D eigenvalue weighted by Gasteiger charge is -2.17. The average molecular weight is 196 g/mol. The van der Waals surface area contributed by atoms with E-state index in [1.165, 1.54) is 19.1 Å². The van der Waals surface area contributed by atoms with Gasteiger partial charge in [0.05, 0.1) is 0 Å². The number of hydrogen-bond acceptors (Lipinski definition) is 3. The standard InChI is InChI=1S/C10H12O4/c1-10(14,9(12)13)6-7-3-2-4-8(11)5-7/h2-5,11,14H,6H2,1H3,(H,12,13)/t10-/m0/s1. The van der Waals surface area contributed by atoms with Crippen molar-refractivity contribution < 1.29 is 20.1 Å². The van der Waals surface area contributed by atoms with Crippen LogP contribution in [0.4, 0.5) is 0 Å². The third-order valence-electron chi connectivity index (χ3n) is 1.92. The zero-order valence-electron chi connectivity index (χ0n) is 7.77. The molecule has 0 aliphatic rings. The Hall–Kier alpha value is -1.55. The summed E-state index contributed by atoms with van der Waals surface area (Å²) in [4.78, 5) is 10.6. The molecular weight excluding hydrogens is 184 g/mol. The van der Waals surface area contributed by atoms with Gasteiger partial charge in [0.15, 0.2) is 5.60 Å². The molecule has 0 aliphatic heterocycles. The van der Waals surface area contributed by atoms with E-state index in [4.69, 9.17) is 10.2 Å². The summed E-state index contributed by atoms with van der Waals surface area (Å²) in [5, 5.41) is 27.2. The molecule has 0 aliphatic carbocycles. The van der Waals surface area contributed by atoms with E-state index in [0.717, 1.165) is 0 Å². The molecular formula is C10H12O4. The maximum absolute atomic E-state index is 10.6. The second-order valence-electron chi connectivity index (χ2n) is 3.43. The van der Waals surface area contributed by atoms with Gasteiger partial charge in [0.2, 0.25) is 0 Å². The number of benzene rings is 1. The number of carboxylic acid groups (broad SMARTS) is 1. The second-order valence-corrected chi connectivity index (χ2v) is 3.43. The quantitative estimate of drug-likeness (QED) is 0.667. The van der Waals surface area contributed by atoms with E-state index >= 15 is 0 Å². The first-order valence-corrected chi connectivity index (χ1v) is 4.15. The van der Waals surface area contributed by atoms with Crippen LogP contribution >= 0.6 is 0 Å². The first kappa shape index (κ1) is 10.5. The van der Waals surface area contributed by atoms with Gasteiger partial charge in [0.25, 0.3) is 0 Å². The summed E-state index contributed by atoms with van der Waals surface area (Å²) < 4.78 is 0. The van der Waals surface area contributed by atoms with E-state index in [1.807, 2.05) is 0 Å². The van der Waals surface area contributed by atoms with E-state index in [0.29, 0.717) is 5.56 Å². The highest BCUT2D eigenvalue weighted by atomic mass is 16.4. The molecule has 76 valence electrons. The van der Waals surface area contributed by atoms with Crippen molar-refractivity contribution in [3.63, 3.8) is 0 Å². The molecule has 0 radical (unpaired) electrons. The number of rotatable bonds is 3. The van der Waals surface area contributed by atoms with Gasteiger partial charge in [0.1, 0.15) is 5.75 Å².